The van der Waals surface area contributed by atoms with Gasteiger partial charge in [0.05, 0.1) is 19.3 Å². The van der Waals surface area contributed by atoms with Crippen molar-refractivity contribution in [3.8, 4) is 0 Å². The van der Waals surface area contributed by atoms with Crippen molar-refractivity contribution >= 4 is 5.97 Å². The quantitative estimate of drug-likeness (QED) is 0.626. The molecule has 0 saturated carbocycles. The van der Waals surface area contributed by atoms with Crippen LogP contribution in [0.1, 0.15) is 19.8 Å². The first-order valence-corrected chi connectivity index (χ1v) is 5.17. The standard InChI is InChI=1S/C10H19NO3/c1-3-14-10(12)8-11-6-4-9(13-2)5-7-11/h9H,3-8H2,1-2H3. The lowest BCUT2D eigenvalue weighted by Gasteiger charge is -2.30. The lowest BCUT2D eigenvalue weighted by molar-refractivity contribution is -0.145. The van der Waals surface area contributed by atoms with Gasteiger partial charge in [-0.05, 0) is 19.8 Å². The fourth-order valence-electron chi connectivity index (χ4n) is 1.69. The summed E-state index contributed by atoms with van der Waals surface area (Å²) in [7, 11) is 1.74. The summed E-state index contributed by atoms with van der Waals surface area (Å²) in [6.07, 6.45) is 2.39. The normalized spacial score (nSPS) is 19.6. The summed E-state index contributed by atoms with van der Waals surface area (Å²) in [6.45, 7) is 4.57. The fraction of sp³-hybridized carbons (Fsp3) is 0.900. The van der Waals surface area contributed by atoms with Crippen LogP contribution in [-0.4, -0.2) is 50.3 Å². The molecule has 0 atom stereocenters. The SMILES string of the molecule is CCOC(=O)CN1CCC(OC)CC1. The average Bonchev–Trinajstić information content (AvgIpc) is 2.19. The van der Waals surface area contributed by atoms with Crippen LogP contribution in [0.25, 0.3) is 0 Å². The third kappa shape index (κ3) is 3.64. The number of hydrogen-bond donors (Lipinski definition) is 0. The number of piperidine rings is 1. The van der Waals surface area contributed by atoms with Gasteiger partial charge >= 0.3 is 5.97 Å². The van der Waals surface area contributed by atoms with E-state index in [-0.39, 0.29) is 5.97 Å². The molecular formula is C10H19NO3. The van der Waals surface area contributed by atoms with E-state index in [0.29, 0.717) is 19.3 Å². The molecule has 1 saturated heterocycles. The van der Waals surface area contributed by atoms with Crippen LogP contribution in [0.3, 0.4) is 0 Å². The van der Waals surface area contributed by atoms with Crippen molar-refractivity contribution in [2.75, 3.05) is 33.4 Å². The summed E-state index contributed by atoms with van der Waals surface area (Å²) < 4.78 is 10.1. The smallest absolute Gasteiger partial charge is 0.320 e. The number of nitrogens with zero attached hydrogens (tertiary/aromatic N) is 1. The minimum absolute atomic E-state index is 0.122. The maximum atomic E-state index is 11.2. The summed E-state index contributed by atoms with van der Waals surface area (Å²) in [4.78, 5) is 13.3. The zero-order chi connectivity index (χ0) is 10.4. The summed E-state index contributed by atoms with van der Waals surface area (Å²) >= 11 is 0. The highest BCUT2D eigenvalue weighted by Gasteiger charge is 2.20. The number of carbonyl (C=O) groups excluding carboxylic acids is 1. The van der Waals surface area contributed by atoms with Crippen molar-refractivity contribution in [3.05, 3.63) is 0 Å². The molecule has 1 fully saturated rings. The van der Waals surface area contributed by atoms with Gasteiger partial charge in [0.1, 0.15) is 0 Å². The second kappa shape index (κ2) is 5.98. The van der Waals surface area contributed by atoms with Crippen LogP contribution in [0.15, 0.2) is 0 Å². The number of carbonyl (C=O) groups is 1. The lowest BCUT2D eigenvalue weighted by atomic mass is 10.1. The van der Waals surface area contributed by atoms with Crippen LogP contribution in [0, 0.1) is 0 Å². The molecule has 1 aliphatic heterocycles. The Hall–Kier alpha value is -0.610. The number of methoxy groups -OCH3 is 1. The Morgan fingerprint density at radius 1 is 1.43 bits per heavy atom. The van der Waals surface area contributed by atoms with Crippen molar-refractivity contribution in [2.45, 2.75) is 25.9 Å². The Kier molecular flexibility index (Phi) is 4.90. The van der Waals surface area contributed by atoms with Crippen LogP contribution in [0.4, 0.5) is 0 Å². The summed E-state index contributed by atoms with van der Waals surface area (Å²) in [5, 5.41) is 0. The molecule has 0 bridgehead atoms. The van der Waals surface area contributed by atoms with Gasteiger partial charge in [0.2, 0.25) is 0 Å². The summed E-state index contributed by atoms with van der Waals surface area (Å²) in [5.74, 6) is -0.122. The Morgan fingerprint density at radius 2 is 2.07 bits per heavy atom. The minimum Gasteiger partial charge on any atom is -0.465 e. The molecule has 1 aliphatic rings. The van der Waals surface area contributed by atoms with Gasteiger partial charge in [0.15, 0.2) is 0 Å². The highest BCUT2D eigenvalue weighted by molar-refractivity contribution is 5.71. The molecule has 82 valence electrons. The van der Waals surface area contributed by atoms with E-state index in [1.54, 1.807) is 7.11 Å². The van der Waals surface area contributed by atoms with E-state index in [9.17, 15) is 4.79 Å². The maximum Gasteiger partial charge on any atom is 0.320 e. The molecular weight excluding hydrogens is 182 g/mol. The maximum absolute atomic E-state index is 11.2. The first-order chi connectivity index (χ1) is 6.76. The van der Waals surface area contributed by atoms with Gasteiger partial charge in [-0.3, -0.25) is 9.69 Å². The van der Waals surface area contributed by atoms with E-state index < -0.39 is 0 Å². The van der Waals surface area contributed by atoms with Crippen molar-refractivity contribution in [1.29, 1.82) is 0 Å². The van der Waals surface area contributed by atoms with E-state index in [1.807, 2.05) is 6.92 Å². The van der Waals surface area contributed by atoms with Crippen molar-refractivity contribution in [3.63, 3.8) is 0 Å². The second-order valence-electron chi connectivity index (χ2n) is 3.52. The first kappa shape index (κ1) is 11.5. The molecule has 4 nitrogen and oxygen atoms in total. The molecule has 0 radical (unpaired) electrons. The highest BCUT2D eigenvalue weighted by atomic mass is 16.5. The van der Waals surface area contributed by atoms with E-state index in [2.05, 4.69) is 4.90 Å². The molecule has 1 rings (SSSR count). The topological polar surface area (TPSA) is 38.8 Å². The zero-order valence-corrected chi connectivity index (χ0v) is 8.99. The van der Waals surface area contributed by atoms with Crippen LogP contribution >= 0.6 is 0 Å². The largest absolute Gasteiger partial charge is 0.465 e. The van der Waals surface area contributed by atoms with Gasteiger partial charge in [0.25, 0.3) is 0 Å². The van der Waals surface area contributed by atoms with Gasteiger partial charge in [-0.2, -0.15) is 0 Å². The summed E-state index contributed by atoms with van der Waals surface area (Å²) in [6, 6.07) is 0. The number of ether oxygens (including phenoxy) is 2. The Labute approximate surface area is 85.2 Å². The monoisotopic (exact) mass is 201 g/mol. The lowest BCUT2D eigenvalue weighted by Crippen LogP contribution is -2.40. The van der Waals surface area contributed by atoms with Crippen molar-refractivity contribution < 1.29 is 14.3 Å². The van der Waals surface area contributed by atoms with E-state index in [0.717, 1.165) is 25.9 Å². The highest BCUT2D eigenvalue weighted by Crippen LogP contribution is 2.12. The van der Waals surface area contributed by atoms with E-state index in [1.165, 1.54) is 0 Å². The van der Waals surface area contributed by atoms with Crippen LogP contribution in [-0.2, 0) is 14.3 Å². The number of rotatable bonds is 4. The molecule has 0 aromatic heterocycles. The second-order valence-corrected chi connectivity index (χ2v) is 3.52. The molecule has 0 unspecified atom stereocenters. The van der Waals surface area contributed by atoms with Gasteiger partial charge in [-0.15, -0.1) is 0 Å². The molecule has 0 aromatic carbocycles. The third-order valence-electron chi connectivity index (χ3n) is 2.53. The van der Waals surface area contributed by atoms with Gasteiger partial charge in [0, 0.05) is 20.2 Å². The molecule has 0 aromatic rings. The number of esters is 1. The molecule has 0 amide bonds. The molecule has 0 N–H and O–H groups in total. The fourth-order valence-corrected chi connectivity index (χ4v) is 1.69. The zero-order valence-electron chi connectivity index (χ0n) is 8.99. The molecule has 14 heavy (non-hydrogen) atoms. The summed E-state index contributed by atoms with van der Waals surface area (Å²) in [5.41, 5.74) is 0. The van der Waals surface area contributed by atoms with Crippen molar-refractivity contribution in [1.82, 2.24) is 4.90 Å². The Balaban J connectivity index is 2.18. The van der Waals surface area contributed by atoms with E-state index in [4.69, 9.17) is 9.47 Å². The Morgan fingerprint density at radius 3 is 2.57 bits per heavy atom. The minimum atomic E-state index is -0.122. The number of likely N-dealkylation sites (tertiary alicyclic amines) is 1. The van der Waals surface area contributed by atoms with Gasteiger partial charge < -0.3 is 9.47 Å². The predicted octanol–water partition coefficient (Wildman–Crippen LogP) is 0.660. The van der Waals surface area contributed by atoms with Gasteiger partial charge in [-0.1, -0.05) is 0 Å². The first-order valence-electron chi connectivity index (χ1n) is 5.17. The van der Waals surface area contributed by atoms with Crippen molar-refractivity contribution in [2.24, 2.45) is 0 Å². The molecule has 4 heteroatoms. The van der Waals surface area contributed by atoms with Crippen LogP contribution < -0.4 is 0 Å². The molecule has 0 spiro atoms. The van der Waals surface area contributed by atoms with Gasteiger partial charge in [-0.25, -0.2) is 0 Å². The Bertz CT molecular complexity index is 176. The van der Waals surface area contributed by atoms with Crippen LogP contribution in [0.2, 0.25) is 0 Å². The van der Waals surface area contributed by atoms with E-state index >= 15 is 0 Å². The third-order valence-corrected chi connectivity index (χ3v) is 2.53. The van der Waals surface area contributed by atoms with Crippen LogP contribution in [0.5, 0.6) is 0 Å². The molecule has 1 heterocycles. The predicted molar refractivity (Wildman–Crippen MR) is 53.1 cm³/mol. The average molecular weight is 201 g/mol. The molecule has 0 aliphatic carbocycles. The number of hydrogen-bond acceptors (Lipinski definition) is 4.